The van der Waals surface area contributed by atoms with Crippen molar-refractivity contribution >= 4 is 22.7 Å². The molecule has 2 aromatic heterocycles. The summed E-state index contributed by atoms with van der Waals surface area (Å²) in [5.41, 5.74) is 5.85. The van der Waals surface area contributed by atoms with Gasteiger partial charge in [0.25, 0.3) is 5.91 Å². The molecule has 0 radical (unpaired) electrons. The van der Waals surface area contributed by atoms with Crippen molar-refractivity contribution in [3.05, 3.63) is 76.6 Å². The van der Waals surface area contributed by atoms with Crippen molar-refractivity contribution in [3.63, 3.8) is 0 Å². The molecule has 7 nitrogen and oxygen atoms in total. The quantitative estimate of drug-likeness (QED) is 0.416. The Morgan fingerprint density at radius 1 is 1.00 bits per heavy atom. The number of imidazole rings is 1. The van der Waals surface area contributed by atoms with E-state index in [1.807, 2.05) is 38.1 Å². The third kappa shape index (κ3) is 3.85. The molecule has 7 heteroatoms. The van der Waals surface area contributed by atoms with E-state index in [1.165, 1.54) is 0 Å². The van der Waals surface area contributed by atoms with Gasteiger partial charge in [0.1, 0.15) is 11.5 Å². The highest BCUT2D eigenvalue weighted by molar-refractivity contribution is 6.10. The molecule has 0 atom stereocenters. The highest BCUT2D eigenvalue weighted by Crippen LogP contribution is 2.30. The lowest BCUT2D eigenvalue weighted by Gasteiger charge is -2.29. The number of H-pyrrole nitrogens is 2. The van der Waals surface area contributed by atoms with Gasteiger partial charge in [-0.1, -0.05) is 30.3 Å². The topological polar surface area (TPSA) is 102 Å². The van der Waals surface area contributed by atoms with Crippen LogP contribution in [-0.2, 0) is 0 Å². The van der Waals surface area contributed by atoms with Gasteiger partial charge in [-0.3, -0.25) is 9.59 Å². The number of hydrogen-bond acceptors (Lipinski definition) is 4. The fourth-order valence-corrected chi connectivity index (χ4v) is 4.57. The number of aryl methyl sites for hydroxylation is 1. The number of aromatic amines is 2. The monoisotopic (exact) mass is 442 g/mol. The van der Waals surface area contributed by atoms with E-state index in [-0.39, 0.29) is 17.8 Å². The lowest BCUT2D eigenvalue weighted by Crippen LogP contribution is -2.40. The molecule has 0 aliphatic carbocycles. The zero-order chi connectivity index (χ0) is 23.1. The average molecular weight is 443 g/mol. The molecule has 0 bridgehead atoms. The van der Waals surface area contributed by atoms with Crippen LogP contribution >= 0.6 is 0 Å². The van der Waals surface area contributed by atoms with E-state index in [2.05, 4.69) is 9.97 Å². The van der Waals surface area contributed by atoms with Gasteiger partial charge < -0.3 is 20.0 Å². The summed E-state index contributed by atoms with van der Waals surface area (Å²) < 4.78 is 0. The predicted octanol–water partition coefficient (Wildman–Crippen LogP) is 4.00. The van der Waals surface area contributed by atoms with E-state index >= 15 is 0 Å². The lowest BCUT2D eigenvalue weighted by molar-refractivity contribution is 0.0541. The number of likely N-dealkylation sites (tertiary alicyclic amines) is 1. The van der Waals surface area contributed by atoms with Crippen LogP contribution in [0.1, 0.15) is 50.5 Å². The van der Waals surface area contributed by atoms with Gasteiger partial charge in [0.2, 0.25) is 0 Å². The van der Waals surface area contributed by atoms with Crippen molar-refractivity contribution < 1.29 is 14.7 Å². The molecule has 4 aromatic rings. The highest BCUT2D eigenvalue weighted by Gasteiger charge is 2.27. The Kier molecular flexibility index (Phi) is 5.34. The van der Waals surface area contributed by atoms with Gasteiger partial charge in [-0.15, -0.1) is 0 Å². The van der Waals surface area contributed by atoms with Gasteiger partial charge in [0.15, 0.2) is 5.78 Å². The Morgan fingerprint density at radius 3 is 2.45 bits per heavy atom. The molecule has 1 saturated heterocycles. The van der Waals surface area contributed by atoms with Crippen LogP contribution in [0.3, 0.4) is 0 Å². The molecule has 3 heterocycles. The normalized spacial score (nSPS) is 14.7. The molecule has 1 fully saturated rings. The Balaban J connectivity index is 1.47. The Bertz CT molecular complexity index is 1340. The second-order valence-corrected chi connectivity index (χ2v) is 8.66. The van der Waals surface area contributed by atoms with Crippen LogP contribution in [-0.4, -0.2) is 55.8 Å². The first-order valence-electron chi connectivity index (χ1n) is 11.2. The number of aromatic nitrogens is 3. The molecule has 1 aliphatic heterocycles. The fraction of sp³-hybridized carbons (Fsp3) is 0.269. The van der Waals surface area contributed by atoms with E-state index in [1.54, 1.807) is 29.2 Å². The Labute approximate surface area is 191 Å². The van der Waals surface area contributed by atoms with E-state index in [0.717, 1.165) is 22.3 Å². The number of amides is 1. The second-order valence-electron chi connectivity index (χ2n) is 8.66. The number of rotatable bonds is 4. The number of nitrogens with one attached hydrogen (secondary N) is 2. The lowest BCUT2D eigenvalue weighted by atomic mass is 10.0. The number of piperidine rings is 1. The summed E-state index contributed by atoms with van der Waals surface area (Å²) >= 11 is 0. The van der Waals surface area contributed by atoms with E-state index < -0.39 is 0 Å². The zero-order valence-corrected chi connectivity index (χ0v) is 18.7. The van der Waals surface area contributed by atoms with Gasteiger partial charge in [-0.05, 0) is 50.5 Å². The maximum Gasteiger partial charge on any atom is 0.270 e. The van der Waals surface area contributed by atoms with Crippen LogP contribution in [0.15, 0.2) is 48.5 Å². The van der Waals surface area contributed by atoms with Gasteiger partial charge in [-0.25, -0.2) is 4.98 Å². The van der Waals surface area contributed by atoms with Crippen LogP contribution in [0.2, 0.25) is 0 Å². The smallest absolute Gasteiger partial charge is 0.270 e. The number of carbonyl (C=O) groups excluding carboxylic acids is 2. The van der Waals surface area contributed by atoms with Crippen molar-refractivity contribution in [1.82, 2.24) is 19.9 Å². The molecule has 1 aliphatic rings. The number of aliphatic hydroxyl groups is 1. The molecule has 5 rings (SSSR count). The minimum Gasteiger partial charge on any atom is -0.393 e. The van der Waals surface area contributed by atoms with E-state index in [0.29, 0.717) is 54.1 Å². The number of carbonyl (C=O) groups is 2. The van der Waals surface area contributed by atoms with Crippen LogP contribution in [0.5, 0.6) is 0 Å². The van der Waals surface area contributed by atoms with Crippen LogP contribution in [0.4, 0.5) is 0 Å². The number of fused-ring (bicyclic) bond motifs is 1. The molecule has 33 heavy (non-hydrogen) atoms. The molecular weight excluding hydrogens is 416 g/mol. The molecule has 2 aromatic carbocycles. The summed E-state index contributed by atoms with van der Waals surface area (Å²) in [5, 5.41) is 9.74. The SMILES string of the molecule is Cc1[nH]c(C(=O)N2CCC(O)CC2)c(C)c1-c1nc2cc(C(=O)c3ccccc3)ccc2[nH]1. The van der Waals surface area contributed by atoms with Crippen molar-refractivity contribution in [1.29, 1.82) is 0 Å². The first-order chi connectivity index (χ1) is 15.9. The summed E-state index contributed by atoms with van der Waals surface area (Å²) in [5.74, 6) is 0.560. The van der Waals surface area contributed by atoms with E-state index in [9.17, 15) is 14.7 Å². The number of ketones is 1. The Hall–Kier alpha value is -3.71. The predicted molar refractivity (Wildman–Crippen MR) is 126 cm³/mol. The molecular formula is C26H26N4O3. The highest BCUT2D eigenvalue weighted by atomic mass is 16.3. The first kappa shape index (κ1) is 21.2. The number of hydrogen-bond donors (Lipinski definition) is 3. The minimum atomic E-state index is -0.328. The number of aliphatic hydroxyl groups excluding tert-OH is 1. The Morgan fingerprint density at radius 2 is 1.73 bits per heavy atom. The van der Waals surface area contributed by atoms with Gasteiger partial charge in [0, 0.05) is 35.5 Å². The summed E-state index contributed by atoms with van der Waals surface area (Å²) in [6.45, 7) is 4.95. The molecule has 0 spiro atoms. The van der Waals surface area contributed by atoms with Crippen molar-refractivity contribution in [2.45, 2.75) is 32.8 Å². The minimum absolute atomic E-state index is 0.0458. The summed E-state index contributed by atoms with van der Waals surface area (Å²) in [7, 11) is 0. The molecule has 0 saturated carbocycles. The fourth-order valence-electron chi connectivity index (χ4n) is 4.57. The largest absolute Gasteiger partial charge is 0.393 e. The van der Waals surface area contributed by atoms with Gasteiger partial charge >= 0.3 is 0 Å². The standard InChI is InChI=1S/C26H26N4O3/c1-15-22(16(2)27-23(15)26(33)30-12-10-19(31)11-13-30)25-28-20-9-8-18(14-21(20)29-25)24(32)17-6-4-3-5-7-17/h3-9,14,19,27,31H,10-13H2,1-2H3,(H,28,29). The summed E-state index contributed by atoms with van der Waals surface area (Å²) in [6.07, 6.45) is 0.876. The molecule has 1 amide bonds. The third-order valence-electron chi connectivity index (χ3n) is 6.42. The van der Waals surface area contributed by atoms with Crippen molar-refractivity contribution in [2.75, 3.05) is 13.1 Å². The maximum atomic E-state index is 13.1. The van der Waals surface area contributed by atoms with Crippen molar-refractivity contribution in [2.24, 2.45) is 0 Å². The zero-order valence-electron chi connectivity index (χ0n) is 18.7. The first-order valence-corrected chi connectivity index (χ1v) is 11.2. The summed E-state index contributed by atoms with van der Waals surface area (Å²) in [6, 6.07) is 14.7. The van der Waals surface area contributed by atoms with Gasteiger partial charge in [-0.2, -0.15) is 0 Å². The van der Waals surface area contributed by atoms with E-state index in [4.69, 9.17) is 4.98 Å². The number of benzene rings is 2. The van der Waals surface area contributed by atoms with Crippen molar-refractivity contribution in [3.8, 4) is 11.4 Å². The number of nitrogens with zero attached hydrogens (tertiary/aromatic N) is 2. The van der Waals surface area contributed by atoms with Crippen LogP contribution in [0, 0.1) is 13.8 Å². The van der Waals surface area contributed by atoms with Crippen LogP contribution < -0.4 is 0 Å². The average Bonchev–Trinajstić information content (AvgIpc) is 3.38. The molecule has 3 N–H and O–H groups in total. The summed E-state index contributed by atoms with van der Waals surface area (Å²) in [4.78, 5) is 39.0. The maximum absolute atomic E-state index is 13.1. The van der Waals surface area contributed by atoms with Crippen LogP contribution in [0.25, 0.3) is 22.4 Å². The molecule has 0 unspecified atom stereocenters. The van der Waals surface area contributed by atoms with Gasteiger partial charge in [0.05, 0.1) is 17.1 Å². The second kappa shape index (κ2) is 8.33. The third-order valence-corrected chi connectivity index (χ3v) is 6.42. The molecule has 168 valence electrons.